The fourth-order valence-corrected chi connectivity index (χ4v) is 2.47. The standard InChI is InChI=1S/C16H22FN/c1-13(15-8-5-9-16(17)12-15)18-11-10-14-6-3-2-4-7-14/h5-6,8-9,12-13,18H,2-4,7,10-11H2,1H3. The Kier molecular flexibility index (Phi) is 4.94. The third-order valence-electron chi connectivity index (χ3n) is 3.63. The van der Waals surface area contributed by atoms with Gasteiger partial charge in [-0.3, -0.25) is 0 Å². The van der Waals surface area contributed by atoms with Gasteiger partial charge >= 0.3 is 0 Å². The van der Waals surface area contributed by atoms with E-state index >= 15 is 0 Å². The fraction of sp³-hybridized carbons (Fsp3) is 0.500. The lowest BCUT2D eigenvalue weighted by molar-refractivity contribution is 0.556. The van der Waals surface area contributed by atoms with Crippen LogP contribution < -0.4 is 5.32 Å². The first-order chi connectivity index (χ1) is 8.75. The Labute approximate surface area is 109 Å². The van der Waals surface area contributed by atoms with Gasteiger partial charge in [0.15, 0.2) is 0 Å². The normalized spacial score (nSPS) is 17.3. The second-order valence-electron chi connectivity index (χ2n) is 5.09. The minimum absolute atomic E-state index is 0.156. The van der Waals surface area contributed by atoms with Crippen LogP contribution in [0.1, 0.15) is 50.6 Å². The quantitative estimate of drug-likeness (QED) is 0.762. The van der Waals surface area contributed by atoms with E-state index in [2.05, 4.69) is 18.3 Å². The predicted molar refractivity (Wildman–Crippen MR) is 74.0 cm³/mol. The van der Waals surface area contributed by atoms with Gasteiger partial charge in [-0.05, 0) is 63.3 Å². The molecule has 2 rings (SSSR count). The van der Waals surface area contributed by atoms with Crippen LogP contribution in [0.15, 0.2) is 35.9 Å². The SMILES string of the molecule is CC(NCCC1=CCCCC1)c1cccc(F)c1. The number of rotatable bonds is 5. The van der Waals surface area contributed by atoms with E-state index in [0.29, 0.717) is 0 Å². The third kappa shape index (κ3) is 3.95. The van der Waals surface area contributed by atoms with Crippen molar-refractivity contribution in [2.24, 2.45) is 0 Å². The van der Waals surface area contributed by atoms with Crippen molar-refractivity contribution in [3.63, 3.8) is 0 Å². The summed E-state index contributed by atoms with van der Waals surface area (Å²) in [6, 6.07) is 7.05. The molecule has 1 N–H and O–H groups in total. The zero-order valence-corrected chi connectivity index (χ0v) is 11.1. The van der Waals surface area contributed by atoms with Crippen molar-refractivity contribution in [3.05, 3.63) is 47.3 Å². The van der Waals surface area contributed by atoms with Gasteiger partial charge in [-0.15, -0.1) is 0 Å². The molecule has 0 aliphatic heterocycles. The Morgan fingerprint density at radius 3 is 2.94 bits per heavy atom. The van der Waals surface area contributed by atoms with Crippen LogP contribution in [0.2, 0.25) is 0 Å². The highest BCUT2D eigenvalue weighted by atomic mass is 19.1. The van der Waals surface area contributed by atoms with Gasteiger partial charge in [0.1, 0.15) is 5.82 Å². The average molecular weight is 247 g/mol. The van der Waals surface area contributed by atoms with Gasteiger partial charge < -0.3 is 5.32 Å². The Bertz CT molecular complexity index is 411. The van der Waals surface area contributed by atoms with Gasteiger partial charge in [0.2, 0.25) is 0 Å². The van der Waals surface area contributed by atoms with Crippen molar-refractivity contribution in [2.45, 2.75) is 45.1 Å². The molecule has 1 nitrogen and oxygen atoms in total. The molecule has 0 fully saturated rings. The van der Waals surface area contributed by atoms with Crippen molar-refractivity contribution in [3.8, 4) is 0 Å². The van der Waals surface area contributed by atoms with Crippen LogP contribution in [0.25, 0.3) is 0 Å². The summed E-state index contributed by atoms with van der Waals surface area (Å²) in [6.07, 6.45) is 8.70. The lowest BCUT2D eigenvalue weighted by Crippen LogP contribution is -2.20. The predicted octanol–water partition coefficient (Wildman–Crippen LogP) is 4.37. The molecule has 0 saturated carbocycles. The van der Waals surface area contributed by atoms with Crippen LogP contribution in [0, 0.1) is 5.82 Å². The Hall–Kier alpha value is -1.15. The number of hydrogen-bond acceptors (Lipinski definition) is 1. The summed E-state index contributed by atoms with van der Waals surface area (Å²) in [5.74, 6) is -0.156. The molecule has 1 aliphatic carbocycles. The van der Waals surface area contributed by atoms with E-state index in [1.165, 1.54) is 31.7 Å². The molecule has 1 aromatic rings. The highest BCUT2D eigenvalue weighted by molar-refractivity contribution is 5.19. The van der Waals surface area contributed by atoms with Gasteiger partial charge in [0, 0.05) is 6.04 Å². The first-order valence-electron chi connectivity index (χ1n) is 6.92. The molecule has 0 bridgehead atoms. The number of allylic oxidation sites excluding steroid dienone is 1. The molecule has 2 heteroatoms. The number of benzene rings is 1. The molecule has 0 saturated heterocycles. The maximum Gasteiger partial charge on any atom is 0.123 e. The number of nitrogens with one attached hydrogen (secondary N) is 1. The molecule has 18 heavy (non-hydrogen) atoms. The molecule has 1 unspecified atom stereocenters. The molecule has 0 amide bonds. The summed E-state index contributed by atoms with van der Waals surface area (Å²) < 4.78 is 13.1. The highest BCUT2D eigenvalue weighted by Gasteiger charge is 2.07. The second kappa shape index (κ2) is 6.69. The molecule has 0 aromatic heterocycles. The molecular formula is C16H22FN. The van der Waals surface area contributed by atoms with Crippen LogP contribution in [-0.4, -0.2) is 6.54 Å². The van der Waals surface area contributed by atoms with Crippen molar-refractivity contribution in [1.82, 2.24) is 5.32 Å². The van der Waals surface area contributed by atoms with E-state index in [-0.39, 0.29) is 11.9 Å². The van der Waals surface area contributed by atoms with Crippen molar-refractivity contribution in [1.29, 1.82) is 0 Å². The van der Waals surface area contributed by atoms with E-state index in [0.717, 1.165) is 18.5 Å². The molecule has 0 spiro atoms. The minimum atomic E-state index is -0.156. The maximum absolute atomic E-state index is 13.1. The van der Waals surface area contributed by atoms with E-state index in [1.807, 2.05) is 6.07 Å². The Morgan fingerprint density at radius 1 is 1.33 bits per heavy atom. The molecule has 1 aromatic carbocycles. The summed E-state index contributed by atoms with van der Waals surface area (Å²) in [5.41, 5.74) is 2.60. The third-order valence-corrected chi connectivity index (χ3v) is 3.63. The van der Waals surface area contributed by atoms with Crippen molar-refractivity contribution < 1.29 is 4.39 Å². The topological polar surface area (TPSA) is 12.0 Å². The van der Waals surface area contributed by atoms with Crippen LogP contribution in [0.3, 0.4) is 0 Å². The van der Waals surface area contributed by atoms with Gasteiger partial charge in [-0.25, -0.2) is 4.39 Å². The zero-order valence-electron chi connectivity index (χ0n) is 11.1. The zero-order chi connectivity index (χ0) is 12.8. The monoisotopic (exact) mass is 247 g/mol. The van der Waals surface area contributed by atoms with Gasteiger partial charge in [0.05, 0.1) is 0 Å². The number of halogens is 1. The Balaban J connectivity index is 1.77. The van der Waals surface area contributed by atoms with E-state index in [4.69, 9.17) is 0 Å². The molecular weight excluding hydrogens is 225 g/mol. The van der Waals surface area contributed by atoms with Crippen LogP contribution >= 0.6 is 0 Å². The van der Waals surface area contributed by atoms with E-state index in [1.54, 1.807) is 17.7 Å². The average Bonchev–Trinajstić information content (AvgIpc) is 2.40. The van der Waals surface area contributed by atoms with Crippen LogP contribution in [-0.2, 0) is 0 Å². The molecule has 1 aliphatic rings. The molecule has 0 radical (unpaired) electrons. The van der Waals surface area contributed by atoms with Gasteiger partial charge in [-0.2, -0.15) is 0 Å². The summed E-state index contributed by atoms with van der Waals surface area (Å²) in [4.78, 5) is 0. The van der Waals surface area contributed by atoms with E-state index in [9.17, 15) is 4.39 Å². The summed E-state index contributed by atoms with van der Waals surface area (Å²) in [7, 11) is 0. The molecule has 98 valence electrons. The molecule has 0 heterocycles. The summed E-state index contributed by atoms with van der Waals surface area (Å²) in [5, 5.41) is 3.47. The van der Waals surface area contributed by atoms with Gasteiger partial charge in [-0.1, -0.05) is 23.8 Å². The second-order valence-corrected chi connectivity index (χ2v) is 5.09. The number of hydrogen-bond donors (Lipinski definition) is 1. The van der Waals surface area contributed by atoms with Crippen molar-refractivity contribution in [2.75, 3.05) is 6.54 Å². The molecule has 1 atom stereocenters. The lowest BCUT2D eigenvalue weighted by Gasteiger charge is -2.17. The fourth-order valence-electron chi connectivity index (χ4n) is 2.47. The lowest BCUT2D eigenvalue weighted by atomic mass is 9.97. The maximum atomic E-state index is 13.1. The Morgan fingerprint density at radius 2 is 2.22 bits per heavy atom. The van der Waals surface area contributed by atoms with Crippen LogP contribution in [0.4, 0.5) is 4.39 Å². The highest BCUT2D eigenvalue weighted by Crippen LogP contribution is 2.20. The van der Waals surface area contributed by atoms with Gasteiger partial charge in [0.25, 0.3) is 0 Å². The largest absolute Gasteiger partial charge is 0.310 e. The summed E-state index contributed by atoms with van der Waals surface area (Å²) >= 11 is 0. The first kappa shape index (κ1) is 13.3. The first-order valence-corrected chi connectivity index (χ1v) is 6.92. The smallest absolute Gasteiger partial charge is 0.123 e. The van der Waals surface area contributed by atoms with Crippen LogP contribution in [0.5, 0.6) is 0 Å². The van der Waals surface area contributed by atoms with E-state index < -0.39 is 0 Å². The summed E-state index contributed by atoms with van der Waals surface area (Å²) in [6.45, 7) is 3.06. The minimum Gasteiger partial charge on any atom is -0.310 e. The van der Waals surface area contributed by atoms with Crippen molar-refractivity contribution >= 4 is 0 Å².